The highest BCUT2D eigenvalue weighted by Crippen LogP contribution is 2.35. The van der Waals surface area contributed by atoms with Crippen LogP contribution in [0.5, 0.6) is 0 Å². The van der Waals surface area contributed by atoms with Gasteiger partial charge < -0.3 is 15.5 Å². The van der Waals surface area contributed by atoms with Crippen LogP contribution in [0.1, 0.15) is 12.5 Å². The first kappa shape index (κ1) is 15.9. The molecule has 23 heavy (non-hydrogen) atoms. The van der Waals surface area contributed by atoms with Gasteiger partial charge in [0.15, 0.2) is 5.13 Å². The lowest BCUT2D eigenvalue weighted by Gasteiger charge is -2.38. The first-order valence-electron chi connectivity index (χ1n) is 7.04. The van der Waals surface area contributed by atoms with Gasteiger partial charge in [0.2, 0.25) is 0 Å². The van der Waals surface area contributed by atoms with Crippen molar-refractivity contribution in [2.45, 2.75) is 19.1 Å². The summed E-state index contributed by atoms with van der Waals surface area (Å²) in [5, 5.41) is 0.662. The molecule has 1 atom stereocenters. The third-order valence-electron chi connectivity index (χ3n) is 3.89. The molecule has 0 radical (unpaired) electrons. The van der Waals surface area contributed by atoms with E-state index in [4.69, 9.17) is 5.73 Å². The van der Waals surface area contributed by atoms with Crippen LogP contribution in [0.3, 0.4) is 0 Å². The zero-order chi connectivity index (χ0) is 16.8. The summed E-state index contributed by atoms with van der Waals surface area (Å²) in [7, 11) is 0. The molecule has 1 aromatic heterocycles. The van der Waals surface area contributed by atoms with E-state index in [0.29, 0.717) is 35.0 Å². The lowest BCUT2D eigenvalue weighted by atomic mass is 10.2. The van der Waals surface area contributed by atoms with Crippen molar-refractivity contribution in [2.24, 2.45) is 5.73 Å². The van der Waals surface area contributed by atoms with E-state index in [1.165, 1.54) is 17.4 Å². The molecule has 9 heteroatoms. The van der Waals surface area contributed by atoms with E-state index in [-0.39, 0.29) is 6.04 Å². The van der Waals surface area contributed by atoms with Crippen molar-refractivity contribution >= 4 is 32.7 Å². The minimum Gasteiger partial charge on any atom is -0.351 e. The number of fused-ring (bicyclic) bond motifs is 1. The first-order chi connectivity index (χ1) is 10.8. The number of anilines is 1. The van der Waals surface area contributed by atoms with E-state index in [1.807, 2.05) is 11.8 Å². The number of hydrogen-bond donors (Lipinski definition) is 1. The topological polar surface area (TPSA) is 62.5 Å². The van der Waals surface area contributed by atoms with Crippen LogP contribution in [0.15, 0.2) is 18.2 Å². The van der Waals surface area contributed by atoms with Crippen molar-refractivity contribution < 1.29 is 18.0 Å². The smallest absolute Gasteiger partial charge is 0.351 e. The number of piperazine rings is 1. The molecule has 0 spiro atoms. The van der Waals surface area contributed by atoms with E-state index in [1.54, 1.807) is 4.90 Å². The summed E-state index contributed by atoms with van der Waals surface area (Å²) in [6, 6.07) is 3.02. The number of amides is 2. The lowest BCUT2D eigenvalue weighted by Crippen LogP contribution is -2.55. The summed E-state index contributed by atoms with van der Waals surface area (Å²) in [5.41, 5.74) is 5.18. The van der Waals surface area contributed by atoms with Gasteiger partial charge in [0.25, 0.3) is 0 Å². The highest BCUT2D eigenvalue weighted by Gasteiger charge is 2.31. The molecular weight excluding hydrogens is 329 g/mol. The zero-order valence-electron chi connectivity index (χ0n) is 12.3. The van der Waals surface area contributed by atoms with Crippen molar-refractivity contribution in [3.8, 4) is 0 Å². The molecule has 0 aliphatic carbocycles. The van der Waals surface area contributed by atoms with Gasteiger partial charge in [-0.25, -0.2) is 9.78 Å². The number of thiazole rings is 1. The van der Waals surface area contributed by atoms with Gasteiger partial charge in [-0.1, -0.05) is 11.3 Å². The molecule has 124 valence electrons. The Morgan fingerprint density at radius 3 is 2.74 bits per heavy atom. The van der Waals surface area contributed by atoms with Crippen LogP contribution in [0.25, 0.3) is 10.2 Å². The standard InChI is InChI=1S/C14H15F3N4OS/c1-8-7-20(4-5-21(8)12(18)22)13-19-10-3-2-9(14(15,16)17)6-11(10)23-13/h2-3,6,8H,4-5,7H2,1H3,(H2,18,22). The highest BCUT2D eigenvalue weighted by molar-refractivity contribution is 7.22. The zero-order valence-corrected chi connectivity index (χ0v) is 13.1. The number of hydrogen-bond acceptors (Lipinski definition) is 4. The quantitative estimate of drug-likeness (QED) is 0.865. The van der Waals surface area contributed by atoms with E-state index < -0.39 is 17.8 Å². The minimum atomic E-state index is -4.36. The van der Waals surface area contributed by atoms with Gasteiger partial charge in [-0.15, -0.1) is 0 Å². The van der Waals surface area contributed by atoms with Gasteiger partial charge in [0, 0.05) is 25.7 Å². The van der Waals surface area contributed by atoms with Crippen LogP contribution in [0.2, 0.25) is 0 Å². The Morgan fingerprint density at radius 1 is 1.39 bits per heavy atom. The van der Waals surface area contributed by atoms with Crippen LogP contribution in [-0.4, -0.2) is 41.6 Å². The van der Waals surface area contributed by atoms with E-state index >= 15 is 0 Å². The number of nitrogens with two attached hydrogens (primary N) is 1. The molecule has 1 fully saturated rings. The average Bonchev–Trinajstić information content (AvgIpc) is 2.88. The normalized spacial score (nSPS) is 19.4. The molecule has 2 N–H and O–H groups in total. The van der Waals surface area contributed by atoms with Gasteiger partial charge in [-0.05, 0) is 25.1 Å². The van der Waals surface area contributed by atoms with Crippen molar-refractivity contribution in [3.05, 3.63) is 23.8 Å². The number of aromatic nitrogens is 1. The second-order valence-electron chi connectivity index (χ2n) is 5.50. The predicted octanol–water partition coefficient (Wildman–Crippen LogP) is 2.90. The third kappa shape index (κ3) is 3.05. The molecule has 1 aliphatic rings. The van der Waals surface area contributed by atoms with Gasteiger partial charge >= 0.3 is 12.2 Å². The number of urea groups is 1. The maximum absolute atomic E-state index is 12.8. The van der Waals surface area contributed by atoms with E-state index in [0.717, 1.165) is 12.1 Å². The number of rotatable bonds is 1. The fraction of sp³-hybridized carbons (Fsp3) is 0.429. The number of carbonyl (C=O) groups excluding carboxylic acids is 1. The Balaban J connectivity index is 1.85. The van der Waals surface area contributed by atoms with Crippen molar-refractivity contribution in [1.29, 1.82) is 0 Å². The van der Waals surface area contributed by atoms with Gasteiger partial charge in [0.1, 0.15) is 0 Å². The highest BCUT2D eigenvalue weighted by atomic mass is 32.1. The molecule has 5 nitrogen and oxygen atoms in total. The summed E-state index contributed by atoms with van der Waals surface area (Å²) in [4.78, 5) is 19.2. The van der Waals surface area contributed by atoms with Crippen LogP contribution >= 0.6 is 11.3 Å². The van der Waals surface area contributed by atoms with Gasteiger partial charge in [-0.3, -0.25) is 0 Å². The minimum absolute atomic E-state index is 0.0704. The molecule has 1 unspecified atom stereocenters. The second kappa shape index (κ2) is 5.55. The summed E-state index contributed by atoms with van der Waals surface area (Å²) in [6.07, 6.45) is -4.36. The molecule has 0 bridgehead atoms. The number of benzene rings is 1. The van der Waals surface area contributed by atoms with Crippen LogP contribution in [-0.2, 0) is 6.18 Å². The maximum Gasteiger partial charge on any atom is 0.416 e. The number of primary amides is 1. The Labute approximate surface area is 134 Å². The second-order valence-corrected chi connectivity index (χ2v) is 6.51. The van der Waals surface area contributed by atoms with Crippen LogP contribution in [0.4, 0.5) is 23.1 Å². The van der Waals surface area contributed by atoms with Gasteiger partial charge in [0.05, 0.1) is 15.8 Å². The van der Waals surface area contributed by atoms with E-state index in [9.17, 15) is 18.0 Å². The molecule has 2 heterocycles. The summed E-state index contributed by atoms with van der Waals surface area (Å²) < 4.78 is 38.8. The molecule has 1 saturated heterocycles. The number of halogens is 3. The fourth-order valence-electron chi connectivity index (χ4n) is 2.68. The number of carbonyl (C=O) groups is 1. The molecule has 3 rings (SSSR count). The fourth-order valence-corrected chi connectivity index (χ4v) is 3.72. The Morgan fingerprint density at radius 2 is 2.13 bits per heavy atom. The van der Waals surface area contributed by atoms with Crippen molar-refractivity contribution in [3.63, 3.8) is 0 Å². The third-order valence-corrected chi connectivity index (χ3v) is 4.96. The Bertz CT molecular complexity index is 745. The molecule has 2 aromatic rings. The van der Waals surface area contributed by atoms with Crippen LogP contribution < -0.4 is 10.6 Å². The van der Waals surface area contributed by atoms with Crippen molar-refractivity contribution in [2.75, 3.05) is 24.5 Å². The first-order valence-corrected chi connectivity index (χ1v) is 7.86. The molecule has 1 aromatic carbocycles. The molecule has 2 amide bonds. The monoisotopic (exact) mass is 344 g/mol. The lowest BCUT2D eigenvalue weighted by molar-refractivity contribution is -0.137. The van der Waals surface area contributed by atoms with E-state index in [2.05, 4.69) is 4.98 Å². The summed E-state index contributed by atoms with van der Waals surface area (Å²) >= 11 is 1.23. The molecule has 1 aliphatic heterocycles. The largest absolute Gasteiger partial charge is 0.416 e. The molecular formula is C14H15F3N4OS. The predicted molar refractivity (Wildman–Crippen MR) is 82.6 cm³/mol. The van der Waals surface area contributed by atoms with Gasteiger partial charge in [-0.2, -0.15) is 13.2 Å². The average molecular weight is 344 g/mol. The number of nitrogens with zero attached hydrogens (tertiary/aromatic N) is 3. The summed E-state index contributed by atoms with van der Waals surface area (Å²) in [6.45, 7) is 3.46. The van der Waals surface area contributed by atoms with Crippen LogP contribution in [0, 0.1) is 0 Å². The SMILES string of the molecule is CC1CN(c2nc3ccc(C(F)(F)F)cc3s2)CCN1C(N)=O. The van der Waals surface area contributed by atoms with Crippen molar-refractivity contribution in [1.82, 2.24) is 9.88 Å². The summed E-state index contributed by atoms with van der Waals surface area (Å²) in [5.74, 6) is 0. The Hall–Kier alpha value is -2.03. The maximum atomic E-state index is 12.8. The number of alkyl halides is 3. The Kier molecular flexibility index (Phi) is 3.83. The molecule has 0 saturated carbocycles.